The number of benzene rings is 1. The summed E-state index contributed by atoms with van der Waals surface area (Å²) in [5.74, 6) is 1.11. The molecule has 1 aromatic carbocycles. The van der Waals surface area contributed by atoms with Crippen LogP contribution in [-0.4, -0.2) is 24.0 Å². The zero-order valence-corrected chi connectivity index (χ0v) is 10.6. The normalized spacial score (nSPS) is 24.3. The van der Waals surface area contributed by atoms with Gasteiger partial charge in [-0.3, -0.25) is 10.1 Å². The van der Waals surface area contributed by atoms with Crippen LogP contribution >= 0.6 is 0 Å². The number of amides is 1. The van der Waals surface area contributed by atoms with E-state index in [1.807, 2.05) is 35.2 Å². The third-order valence-corrected chi connectivity index (χ3v) is 4.21. The molecule has 3 nitrogen and oxygen atoms in total. The van der Waals surface area contributed by atoms with E-state index in [0.29, 0.717) is 6.67 Å². The molecule has 1 atom stereocenters. The molecule has 1 aromatic rings. The fourth-order valence-corrected chi connectivity index (χ4v) is 2.76. The van der Waals surface area contributed by atoms with E-state index in [-0.39, 0.29) is 11.9 Å². The summed E-state index contributed by atoms with van der Waals surface area (Å²) in [6.07, 6.45) is 5.27. The van der Waals surface area contributed by atoms with Crippen LogP contribution in [0, 0.1) is 5.92 Å². The van der Waals surface area contributed by atoms with Gasteiger partial charge < -0.3 is 4.90 Å². The number of hydrogen-bond acceptors (Lipinski definition) is 2. The van der Waals surface area contributed by atoms with Crippen LogP contribution in [-0.2, 0) is 4.79 Å². The Morgan fingerprint density at radius 2 is 2.00 bits per heavy atom. The van der Waals surface area contributed by atoms with E-state index in [0.717, 1.165) is 18.0 Å². The van der Waals surface area contributed by atoms with Gasteiger partial charge in [0.1, 0.15) is 6.04 Å². The van der Waals surface area contributed by atoms with E-state index in [9.17, 15) is 4.79 Å². The Labute approximate surface area is 108 Å². The first-order valence-electron chi connectivity index (χ1n) is 6.92. The molecule has 0 radical (unpaired) electrons. The summed E-state index contributed by atoms with van der Waals surface area (Å²) in [4.78, 5) is 14.3. The first-order valence-corrected chi connectivity index (χ1v) is 6.92. The van der Waals surface area contributed by atoms with Gasteiger partial charge in [0.15, 0.2) is 0 Å². The Kier molecular flexibility index (Phi) is 3.33. The summed E-state index contributed by atoms with van der Waals surface area (Å²) in [6, 6.07) is 9.86. The van der Waals surface area contributed by atoms with Crippen LogP contribution in [0.15, 0.2) is 30.3 Å². The smallest absolute Gasteiger partial charge is 0.245 e. The van der Waals surface area contributed by atoms with Crippen LogP contribution in [0.3, 0.4) is 0 Å². The van der Waals surface area contributed by atoms with Crippen molar-refractivity contribution in [3.63, 3.8) is 0 Å². The molecule has 0 aromatic heterocycles. The molecule has 0 spiro atoms. The van der Waals surface area contributed by atoms with Crippen molar-refractivity contribution in [3.8, 4) is 0 Å². The molecule has 3 heteroatoms. The minimum absolute atomic E-state index is 0.132. The largest absolute Gasteiger partial charge is 0.328 e. The van der Waals surface area contributed by atoms with Crippen molar-refractivity contribution in [1.82, 2.24) is 10.2 Å². The minimum atomic E-state index is -0.132. The van der Waals surface area contributed by atoms with E-state index < -0.39 is 0 Å². The first kappa shape index (κ1) is 11.7. The number of nitrogens with zero attached hydrogens (tertiary/aromatic N) is 1. The summed E-state index contributed by atoms with van der Waals surface area (Å²) < 4.78 is 0. The zero-order chi connectivity index (χ0) is 12.4. The van der Waals surface area contributed by atoms with Crippen LogP contribution in [0.25, 0.3) is 0 Å². The molecule has 2 fully saturated rings. The molecule has 1 aliphatic carbocycles. The van der Waals surface area contributed by atoms with Gasteiger partial charge in [0.25, 0.3) is 0 Å². The van der Waals surface area contributed by atoms with Crippen molar-refractivity contribution in [2.75, 3.05) is 13.2 Å². The Balaban J connectivity index is 1.58. The van der Waals surface area contributed by atoms with E-state index >= 15 is 0 Å². The highest BCUT2D eigenvalue weighted by Gasteiger charge is 2.32. The lowest BCUT2D eigenvalue weighted by molar-refractivity contribution is -0.129. The lowest BCUT2D eigenvalue weighted by Crippen LogP contribution is -2.30. The molecule has 1 unspecified atom stereocenters. The van der Waals surface area contributed by atoms with Crippen molar-refractivity contribution in [1.29, 1.82) is 0 Å². The average molecular weight is 244 g/mol. The van der Waals surface area contributed by atoms with Crippen LogP contribution in [0.4, 0.5) is 0 Å². The molecule has 1 heterocycles. The molecule has 2 aliphatic rings. The van der Waals surface area contributed by atoms with Crippen molar-refractivity contribution in [3.05, 3.63) is 35.9 Å². The van der Waals surface area contributed by atoms with Gasteiger partial charge in [-0.1, -0.05) is 49.6 Å². The summed E-state index contributed by atoms with van der Waals surface area (Å²) in [7, 11) is 0. The molecule has 1 aliphatic heterocycles. The summed E-state index contributed by atoms with van der Waals surface area (Å²) in [5, 5.41) is 3.31. The zero-order valence-electron chi connectivity index (χ0n) is 10.6. The van der Waals surface area contributed by atoms with Crippen molar-refractivity contribution >= 4 is 5.91 Å². The molecule has 96 valence electrons. The van der Waals surface area contributed by atoms with E-state index in [1.54, 1.807) is 0 Å². The van der Waals surface area contributed by atoms with E-state index in [1.165, 1.54) is 25.7 Å². The highest BCUT2D eigenvalue weighted by molar-refractivity contribution is 5.85. The maximum atomic E-state index is 12.3. The monoisotopic (exact) mass is 244 g/mol. The molecule has 3 rings (SSSR count). The Bertz CT molecular complexity index is 414. The molecular formula is C15H20N2O. The van der Waals surface area contributed by atoms with Gasteiger partial charge in [0, 0.05) is 6.54 Å². The Hall–Kier alpha value is -1.35. The number of carbonyl (C=O) groups excluding carboxylic acids is 1. The number of hydrogen-bond donors (Lipinski definition) is 1. The maximum Gasteiger partial charge on any atom is 0.245 e. The van der Waals surface area contributed by atoms with Crippen LogP contribution in [0.1, 0.15) is 37.3 Å². The fourth-order valence-electron chi connectivity index (χ4n) is 2.76. The molecule has 1 N–H and O–H groups in total. The van der Waals surface area contributed by atoms with Crippen LogP contribution < -0.4 is 5.32 Å². The van der Waals surface area contributed by atoms with Crippen molar-refractivity contribution < 1.29 is 4.79 Å². The lowest BCUT2D eigenvalue weighted by atomic mass is 9.83. The minimum Gasteiger partial charge on any atom is -0.328 e. The predicted molar refractivity (Wildman–Crippen MR) is 70.9 cm³/mol. The van der Waals surface area contributed by atoms with Gasteiger partial charge in [-0.15, -0.1) is 0 Å². The summed E-state index contributed by atoms with van der Waals surface area (Å²) in [5.41, 5.74) is 1.08. The predicted octanol–water partition coefficient (Wildman–Crippen LogP) is 2.31. The SMILES string of the molecule is O=C1C(c2ccccc2)NCN1CCC1CCC1. The number of nitrogens with one attached hydrogen (secondary N) is 1. The lowest BCUT2D eigenvalue weighted by Gasteiger charge is -2.27. The van der Waals surface area contributed by atoms with Gasteiger partial charge in [0.05, 0.1) is 6.67 Å². The van der Waals surface area contributed by atoms with Crippen molar-refractivity contribution in [2.24, 2.45) is 5.92 Å². The second-order valence-electron chi connectivity index (χ2n) is 5.39. The van der Waals surface area contributed by atoms with Crippen LogP contribution in [0.5, 0.6) is 0 Å². The molecule has 18 heavy (non-hydrogen) atoms. The van der Waals surface area contributed by atoms with Gasteiger partial charge in [0.2, 0.25) is 5.91 Å². The molecule has 0 bridgehead atoms. The Morgan fingerprint density at radius 3 is 2.67 bits per heavy atom. The quantitative estimate of drug-likeness (QED) is 0.881. The van der Waals surface area contributed by atoms with Gasteiger partial charge in [-0.2, -0.15) is 0 Å². The highest BCUT2D eigenvalue weighted by atomic mass is 16.2. The van der Waals surface area contributed by atoms with Crippen LogP contribution in [0.2, 0.25) is 0 Å². The fraction of sp³-hybridized carbons (Fsp3) is 0.533. The molecule has 1 amide bonds. The summed E-state index contributed by atoms with van der Waals surface area (Å²) in [6.45, 7) is 1.62. The molecular weight excluding hydrogens is 224 g/mol. The highest BCUT2D eigenvalue weighted by Crippen LogP contribution is 2.30. The van der Waals surface area contributed by atoms with Gasteiger partial charge in [-0.05, 0) is 17.9 Å². The third kappa shape index (κ3) is 2.27. The second kappa shape index (κ2) is 5.11. The molecule has 1 saturated carbocycles. The van der Waals surface area contributed by atoms with Crippen molar-refractivity contribution in [2.45, 2.75) is 31.7 Å². The molecule has 1 saturated heterocycles. The van der Waals surface area contributed by atoms with E-state index in [4.69, 9.17) is 0 Å². The van der Waals surface area contributed by atoms with E-state index in [2.05, 4.69) is 5.32 Å². The topological polar surface area (TPSA) is 32.3 Å². The van der Waals surface area contributed by atoms with Gasteiger partial charge >= 0.3 is 0 Å². The first-order chi connectivity index (χ1) is 8.84. The second-order valence-corrected chi connectivity index (χ2v) is 5.39. The standard InChI is InChI=1S/C15H20N2O/c18-15-14(13-7-2-1-3-8-13)16-11-17(15)10-9-12-5-4-6-12/h1-3,7-8,12,14,16H,4-6,9-11H2. The third-order valence-electron chi connectivity index (χ3n) is 4.21. The Morgan fingerprint density at radius 1 is 1.22 bits per heavy atom. The average Bonchev–Trinajstić information content (AvgIpc) is 2.70. The maximum absolute atomic E-state index is 12.3. The van der Waals surface area contributed by atoms with Gasteiger partial charge in [-0.25, -0.2) is 0 Å². The number of carbonyl (C=O) groups is 1. The number of rotatable bonds is 4. The summed E-state index contributed by atoms with van der Waals surface area (Å²) >= 11 is 0.